The van der Waals surface area contributed by atoms with Crippen molar-refractivity contribution in [2.45, 2.75) is 32.9 Å². The predicted molar refractivity (Wildman–Crippen MR) is 89.5 cm³/mol. The van der Waals surface area contributed by atoms with Gasteiger partial charge < -0.3 is 5.32 Å². The van der Waals surface area contributed by atoms with Gasteiger partial charge in [-0.15, -0.1) is 0 Å². The quantitative estimate of drug-likeness (QED) is 0.883. The average Bonchev–Trinajstić information content (AvgIpc) is 2.99. The number of aryl methyl sites for hydroxylation is 1. The van der Waals surface area contributed by atoms with Crippen LogP contribution in [0.3, 0.4) is 0 Å². The van der Waals surface area contributed by atoms with E-state index in [1.165, 1.54) is 48.3 Å². The Balaban J connectivity index is 1.67. The fraction of sp³-hybridized carbons (Fsp3) is 0.368. The van der Waals surface area contributed by atoms with E-state index in [1.807, 2.05) is 0 Å². The van der Waals surface area contributed by atoms with Crippen molar-refractivity contribution in [3.63, 3.8) is 0 Å². The zero-order valence-corrected chi connectivity index (χ0v) is 12.8. The van der Waals surface area contributed by atoms with Gasteiger partial charge >= 0.3 is 0 Å². The number of benzene rings is 2. The number of anilines is 1. The van der Waals surface area contributed by atoms with E-state index in [9.17, 15) is 0 Å². The summed E-state index contributed by atoms with van der Waals surface area (Å²) in [6, 6.07) is 17.4. The van der Waals surface area contributed by atoms with Crippen molar-refractivity contribution in [3.8, 4) is 0 Å². The molecule has 0 spiro atoms. The van der Waals surface area contributed by atoms with E-state index in [4.69, 9.17) is 0 Å². The topological polar surface area (TPSA) is 15.3 Å². The molecule has 1 heterocycles. The number of likely N-dealkylation sites (tertiary alicyclic amines) is 1. The molecule has 110 valence electrons. The van der Waals surface area contributed by atoms with E-state index in [0.29, 0.717) is 0 Å². The number of nitrogens with one attached hydrogen (secondary N) is 1. The van der Waals surface area contributed by atoms with Crippen LogP contribution in [0.15, 0.2) is 48.5 Å². The molecule has 2 heteroatoms. The monoisotopic (exact) mass is 280 g/mol. The van der Waals surface area contributed by atoms with Gasteiger partial charge in [-0.1, -0.05) is 48.0 Å². The Morgan fingerprint density at radius 3 is 2.62 bits per heavy atom. The van der Waals surface area contributed by atoms with Crippen LogP contribution >= 0.6 is 0 Å². The highest BCUT2D eigenvalue weighted by atomic mass is 15.1. The molecule has 0 bridgehead atoms. The second-order valence-corrected chi connectivity index (χ2v) is 5.98. The van der Waals surface area contributed by atoms with Gasteiger partial charge in [-0.05, 0) is 50.0 Å². The standard InChI is InChI=1S/C19H24N2/c1-16-7-6-8-17(13-16)14-20-19-10-3-2-9-18(19)15-21-11-4-5-12-21/h2-3,6-10,13,20H,4-5,11-12,14-15H2,1H3. The van der Waals surface area contributed by atoms with Crippen LogP contribution in [0.2, 0.25) is 0 Å². The highest BCUT2D eigenvalue weighted by molar-refractivity contribution is 5.51. The molecule has 1 aliphatic rings. The third-order valence-corrected chi connectivity index (χ3v) is 4.18. The molecule has 1 N–H and O–H groups in total. The van der Waals surface area contributed by atoms with Crippen LogP contribution in [-0.4, -0.2) is 18.0 Å². The summed E-state index contributed by atoms with van der Waals surface area (Å²) in [4.78, 5) is 2.55. The van der Waals surface area contributed by atoms with Crippen molar-refractivity contribution >= 4 is 5.69 Å². The van der Waals surface area contributed by atoms with Crippen LogP contribution in [0.25, 0.3) is 0 Å². The fourth-order valence-electron chi connectivity index (χ4n) is 3.03. The summed E-state index contributed by atoms with van der Waals surface area (Å²) in [5.41, 5.74) is 5.34. The van der Waals surface area contributed by atoms with Crippen molar-refractivity contribution in [1.82, 2.24) is 4.90 Å². The molecule has 0 saturated carbocycles. The molecule has 2 nitrogen and oxygen atoms in total. The number of rotatable bonds is 5. The Hall–Kier alpha value is -1.80. The molecule has 2 aromatic rings. The first-order valence-corrected chi connectivity index (χ1v) is 7.91. The molecule has 0 unspecified atom stereocenters. The largest absolute Gasteiger partial charge is 0.381 e. The van der Waals surface area contributed by atoms with E-state index < -0.39 is 0 Å². The minimum absolute atomic E-state index is 0.888. The van der Waals surface area contributed by atoms with Crippen LogP contribution in [0.1, 0.15) is 29.5 Å². The zero-order chi connectivity index (χ0) is 14.5. The molecular weight excluding hydrogens is 256 g/mol. The number of hydrogen-bond donors (Lipinski definition) is 1. The Labute approximate surface area is 127 Å². The summed E-state index contributed by atoms with van der Waals surface area (Å²) in [6.45, 7) is 6.58. The molecule has 0 amide bonds. The van der Waals surface area contributed by atoms with Gasteiger partial charge in [0.25, 0.3) is 0 Å². The molecule has 0 aromatic heterocycles. The lowest BCUT2D eigenvalue weighted by molar-refractivity contribution is 0.332. The van der Waals surface area contributed by atoms with Crippen LogP contribution in [0.4, 0.5) is 5.69 Å². The van der Waals surface area contributed by atoms with E-state index in [-0.39, 0.29) is 0 Å². The van der Waals surface area contributed by atoms with Crippen LogP contribution in [0.5, 0.6) is 0 Å². The SMILES string of the molecule is Cc1cccc(CNc2ccccc2CN2CCCC2)c1. The molecule has 0 atom stereocenters. The summed E-state index contributed by atoms with van der Waals surface area (Å²) in [5.74, 6) is 0. The van der Waals surface area contributed by atoms with Gasteiger partial charge in [-0.2, -0.15) is 0 Å². The number of hydrogen-bond acceptors (Lipinski definition) is 2. The first-order chi connectivity index (χ1) is 10.3. The first-order valence-electron chi connectivity index (χ1n) is 7.91. The predicted octanol–water partition coefficient (Wildman–Crippen LogP) is 4.20. The van der Waals surface area contributed by atoms with Gasteiger partial charge in [0.2, 0.25) is 0 Å². The zero-order valence-electron chi connectivity index (χ0n) is 12.8. The van der Waals surface area contributed by atoms with E-state index >= 15 is 0 Å². The van der Waals surface area contributed by atoms with E-state index in [2.05, 4.69) is 65.7 Å². The maximum absolute atomic E-state index is 3.60. The minimum Gasteiger partial charge on any atom is -0.381 e. The van der Waals surface area contributed by atoms with Crippen LogP contribution < -0.4 is 5.32 Å². The summed E-state index contributed by atoms with van der Waals surface area (Å²) in [7, 11) is 0. The van der Waals surface area contributed by atoms with Crippen molar-refractivity contribution in [2.75, 3.05) is 18.4 Å². The van der Waals surface area contributed by atoms with E-state index in [1.54, 1.807) is 0 Å². The third kappa shape index (κ3) is 3.85. The van der Waals surface area contributed by atoms with Crippen LogP contribution in [-0.2, 0) is 13.1 Å². The molecule has 1 saturated heterocycles. The molecular formula is C19H24N2. The number of nitrogens with zero attached hydrogens (tertiary/aromatic N) is 1. The molecule has 21 heavy (non-hydrogen) atoms. The maximum Gasteiger partial charge on any atom is 0.0400 e. The molecule has 1 fully saturated rings. The maximum atomic E-state index is 3.60. The average molecular weight is 280 g/mol. The van der Waals surface area contributed by atoms with Gasteiger partial charge in [0.05, 0.1) is 0 Å². The van der Waals surface area contributed by atoms with E-state index in [0.717, 1.165) is 13.1 Å². The fourth-order valence-corrected chi connectivity index (χ4v) is 3.03. The Morgan fingerprint density at radius 2 is 1.81 bits per heavy atom. The third-order valence-electron chi connectivity index (χ3n) is 4.18. The highest BCUT2D eigenvalue weighted by Crippen LogP contribution is 2.20. The van der Waals surface area contributed by atoms with Crippen molar-refractivity contribution < 1.29 is 0 Å². The smallest absolute Gasteiger partial charge is 0.0400 e. The summed E-state index contributed by atoms with van der Waals surface area (Å²) >= 11 is 0. The molecule has 1 aliphatic heterocycles. The summed E-state index contributed by atoms with van der Waals surface area (Å²) in [6.07, 6.45) is 2.69. The highest BCUT2D eigenvalue weighted by Gasteiger charge is 2.13. The minimum atomic E-state index is 0.888. The van der Waals surface area contributed by atoms with Gasteiger partial charge in [0.15, 0.2) is 0 Å². The molecule has 0 radical (unpaired) electrons. The molecule has 3 rings (SSSR count). The molecule has 0 aliphatic carbocycles. The van der Waals surface area contributed by atoms with Crippen molar-refractivity contribution in [2.24, 2.45) is 0 Å². The first kappa shape index (κ1) is 14.2. The lowest BCUT2D eigenvalue weighted by Gasteiger charge is -2.18. The Kier molecular flexibility index (Phi) is 4.56. The number of para-hydroxylation sites is 1. The van der Waals surface area contributed by atoms with Crippen molar-refractivity contribution in [1.29, 1.82) is 0 Å². The normalized spacial score (nSPS) is 15.3. The van der Waals surface area contributed by atoms with Gasteiger partial charge in [-0.25, -0.2) is 0 Å². The van der Waals surface area contributed by atoms with Crippen LogP contribution in [0, 0.1) is 6.92 Å². The van der Waals surface area contributed by atoms with Gasteiger partial charge in [0, 0.05) is 18.8 Å². The summed E-state index contributed by atoms with van der Waals surface area (Å²) < 4.78 is 0. The van der Waals surface area contributed by atoms with Gasteiger partial charge in [-0.3, -0.25) is 4.90 Å². The lowest BCUT2D eigenvalue weighted by atomic mass is 10.1. The lowest BCUT2D eigenvalue weighted by Crippen LogP contribution is -2.19. The second kappa shape index (κ2) is 6.77. The van der Waals surface area contributed by atoms with Gasteiger partial charge in [0.1, 0.15) is 0 Å². The van der Waals surface area contributed by atoms with Crippen molar-refractivity contribution in [3.05, 3.63) is 65.2 Å². The second-order valence-electron chi connectivity index (χ2n) is 5.98. The molecule has 2 aromatic carbocycles. The summed E-state index contributed by atoms with van der Waals surface area (Å²) in [5, 5.41) is 3.60. The Bertz CT molecular complexity index is 586. The Morgan fingerprint density at radius 1 is 1.00 bits per heavy atom.